The van der Waals surface area contributed by atoms with E-state index in [-0.39, 0.29) is 23.7 Å². The Labute approximate surface area is 134 Å². The topological polar surface area (TPSA) is 55.6 Å². The van der Waals surface area contributed by atoms with Gasteiger partial charge in [0.2, 0.25) is 5.91 Å². The fourth-order valence-corrected chi connectivity index (χ4v) is 4.93. The lowest BCUT2D eigenvalue weighted by Crippen LogP contribution is -2.59. The van der Waals surface area contributed by atoms with Crippen molar-refractivity contribution in [1.82, 2.24) is 4.90 Å². The quantitative estimate of drug-likeness (QED) is 0.808. The summed E-state index contributed by atoms with van der Waals surface area (Å²) in [5.74, 6) is 0.173. The smallest absolute Gasteiger partial charge is 0.243 e. The molecule has 0 spiro atoms. The number of carbonyl (C=O) groups is 1. The van der Waals surface area contributed by atoms with E-state index >= 15 is 0 Å². The van der Waals surface area contributed by atoms with E-state index in [1.54, 1.807) is 0 Å². The van der Waals surface area contributed by atoms with E-state index < -0.39 is 5.54 Å². The zero-order valence-corrected chi connectivity index (χ0v) is 14.3. The normalized spacial score (nSPS) is 37.0. The molecule has 2 heterocycles. The van der Waals surface area contributed by atoms with Gasteiger partial charge >= 0.3 is 0 Å². The van der Waals surface area contributed by atoms with Gasteiger partial charge < -0.3 is 15.4 Å². The van der Waals surface area contributed by atoms with Crippen LogP contribution in [0.25, 0.3) is 0 Å². The van der Waals surface area contributed by atoms with Crippen molar-refractivity contribution in [2.24, 2.45) is 16.6 Å². The van der Waals surface area contributed by atoms with E-state index in [9.17, 15) is 4.79 Å². The predicted molar refractivity (Wildman–Crippen MR) is 85.5 cm³/mol. The van der Waals surface area contributed by atoms with E-state index in [0.717, 1.165) is 19.4 Å². The number of rotatable bonds is 1. The Balaban J connectivity index is 0.00000161. The summed E-state index contributed by atoms with van der Waals surface area (Å²) < 4.78 is 5.37. The van der Waals surface area contributed by atoms with E-state index in [1.165, 1.54) is 6.42 Å². The number of nitrogens with zero attached hydrogens (tertiary/aromatic N) is 1. The molecule has 1 amide bonds. The maximum atomic E-state index is 13.0. The minimum absolute atomic E-state index is 0. The largest absolute Gasteiger partial charge is 0.381 e. The van der Waals surface area contributed by atoms with Crippen molar-refractivity contribution in [2.75, 3.05) is 19.8 Å². The van der Waals surface area contributed by atoms with Crippen molar-refractivity contribution >= 4 is 18.3 Å². The highest BCUT2D eigenvalue weighted by molar-refractivity contribution is 5.87. The van der Waals surface area contributed by atoms with Gasteiger partial charge in [-0.3, -0.25) is 4.79 Å². The molecule has 2 atom stereocenters. The van der Waals surface area contributed by atoms with E-state index in [2.05, 4.69) is 25.7 Å². The highest BCUT2D eigenvalue weighted by Crippen LogP contribution is 2.52. The molecule has 3 rings (SSSR count). The fraction of sp³-hybridized carbons (Fsp3) is 0.938. The first-order valence-corrected chi connectivity index (χ1v) is 7.91. The zero-order chi connectivity index (χ0) is 14.6. The molecule has 0 radical (unpaired) electrons. The Morgan fingerprint density at radius 2 is 1.81 bits per heavy atom. The van der Waals surface area contributed by atoms with Gasteiger partial charge in [-0.05, 0) is 42.9 Å². The molecule has 1 aliphatic carbocycles. The average Bonchev–Trinajstić information content (AvgIpc) is 2.58. The van der Waals surface area contributed by atoms with Gasteiger partial charge in [-0.25, -0.2) is 0 Å². The first kappa shape index (κ1) is 17.0. The highest BCUT2D eigenvalue weighted by Gasteiger charge is 2.53. The number of likely N-dealkylation sites (tertiary alicyclic amines) is 1. The molecular weight excluding hydrogens is 288 g/mol. The Hall–Kier alpha value is -0.320. The van der Waals surface area contributed by atoms with Crippen LogP contribution in [0.2, 0.25) is 0 Å². The van der Waals surface area contributed by atoms with Crippen LogP contribution in [0.5, 0.6) is 0 Å². The summed E-state index contributed by atoms with van der Waals surface area (Å²) in [6.07, 6.45) is 4.79. The molecule has 2 saturated heterocycles. The van der Waals surface area contributed by atoms with Gasteiger partial charge in [0.15, 0.2) is 0 Å². The second kappa shape index (κ2) is 5.39. The van der Waals surface area contributed by atoms with Crippen LogP contribution in [0.4, 0.5) is 0 Å². The Morgan fingerprint density at radius 3 is 2.43 bits per heavy atom. The number of halogens is 1. The first-order chi connectivity index (χ1) is 9.23. The van der Waals surface area contributed by atoms with Crippen LogP contribution in [0.1, 0.15) is 52.9 Å². The molecular formula is C16H29ClN2O2. The molecule has 4 nitrogen and oxygen atoms in total. The maximum Gasteiger partial charge on any atom is 0.243 e. The van der Waals surface area contributed by atoms with Crippen molar-refractivity contribution in [2.45, 2.75) is 64.5 Å². The third kappa shape index (κ3) is 3.08. The minimum Gasteiger partial charge on any atom is -0.381 e. The molecule has 21 heavy (non-hydrogen) atoms. The molecule has 2 aliphatic heterocycles. The number of ether oxygens (including phenoxy) is 1. The minimum atomic E-state index is -0.684. The predicted octanol–water partition coefficient (Wildman–Crippen LogP) is 2.34. The van der Waals surface area contributed by atoms with Crippen LogP contribution in [-0.4, -0.2) is 42.1 Å². The highest BCUT2D eigenvalue weighted by atomic mass is 35.5. The SMILES string of the molecule is CC1(C)CC2CC(C)(CN2C(=O)C2(N)CCOCC2)C1.Cl. The van der Waals surface area contributed by atoms with Gasteiger partial charge in [-0.2, -0.15) is 0 Å². The van der Waals surface area contributed by atoms with Gasteiger partial charge in [0, 0.05) is 25.8 Å². The average molecular weight is 317 g/mol. The number of hydrogen-bond acceptors (Lipinski definition) is 3. The lowest BCUT2D eigenvalue weighted by Gasteiger charge is -2.40. The number of amides is 1. The zero-order valence-electron chi connectivity index (χ0n) is 13.5. The number of carbonyl (C=O) groups excluding carboxylic acids is 1. The van der Waals surface area contributed by atoms with Crippen LogP contribution in [0.3, 0.4) is 0 Å². The summed E-state index contributed by atoms with van der Waals surface area (Å²) in [4.78, 5) is 15.1. The van der Waals surface area contributed by atoms with Crippen molar-refractivity contribution in [3.8, 4) is 0 Å². The molecule has 2 unspecified atom stereocenters. The molecule has 3 fully saturated rings. The van der Waals surface area contributed by atoms with Gasteiger partial charge in [0.05, 0.1) is 5.54 Å². The standard InChI is InChI=1S/C16H28N2O2.ClH/c1-14(2)8-12-9-15(3,10-14)11-18(12)13(19)16(17)4-6-20-7-5-16;/h12H,4-11,17H2,1-3H3;1H. The third-order valence-electron chi connectivity index (χ3n) is 5.49. The molecule has 0 aromatic rings. The Morgan fingerprint density at radius 1 is 1.19 bits per heavy atom. The summed E-state index contributed by atoms with van der Waals surface area (Å²) in [7, 11) is 0. The van der Waals surface area contributed by atoms with Crippen molar-refractivity contribution in [3.05, 3.63) is 0 Å². The van der Waals surface area contributed by atoms with Crippen molar-refractivity contribution < 1.29 is 9.53 Å². The van der Waals surface area contributed by atoms with Crippen molar-refractivity contribution in [3.63, 3.8) is 0 Å². The van der Waals surface area contributed by atoms with Gasteiger partial charge in [0.1, 0.15) is 0 Å². The number of nitrogens with two attached hydrogens (primary N) is 1. The first-order valence-electron chi connectivity index (χ1n) is 7.91. The van der Waals surface area contributed by atoms with Gasteiger partial charge in [0.25, 0.3) is 0 Å². The maximum absolute atomic E-state index is 13.0. The molecule has 3 aliphatic rings. The molecule has 122 valence electrons. The number of fused-ring (bicyclic) bond motifs is 2. The van der Waals surface area contributed by atoms with Gasteiger partial charge in [-0.15, -0.1) is 12.4 Å². The monoisotopic (exact) mass is 316 g/mol. The lowest BCUT2D eigenvalue weighted by atomic mass is 9.65. The molecule has 2 N–H and O–H groups in total. The lowest BCUT2D eigenvalue weighted by molar-refractivity contribution is -0.141. The summed E-state index contributed by atoms with van der Waals surface area (Å²) in [5.41, 5.74) is 6.34. The summed E-state index contributed by atoms with van der Waals surface area (Å²) in [6.45, 7) is 9.12. The van der Waals surface area contributed by atoms with Crippen LogP contribution >= 0.6 is 12.4 Å². The fourth-order valence-electron chi connectivity index (χ4n) is 4.93. The molecule has 5 heteroatoms. The van der Waals surface area contributed by atoms with Crippen LogP contribution in [0, 0.1) is 10.8 Å². The molecule has 2 bridgehead atoms. The third-order valence-corrected chi connectivity index (χ3v) is 5.49. The summed E-state index contributed by atoms with van der Waals surface area (Å²) in [6, 6.07) is 0.388. The van der Waals surface area contributed by atoms with E-state index in [4.69, 9.17) is 10.5 Å². The van der Waals surface area contributed by atoms with Crippen LogP contribution < -0.4 is 5.73 Å². The molecule has 1 saturated carbocycles. The molecule has 0 aromatic carbocycles. The Bertz CT molecular complexity index is 421. The van der Waals surface area contributed by atoms with E-state index in [1.807, 2.05) is 0 Å². The second-order valence-corrected chi connectivity index (χ2v) is 8.42. The second-order valence-electron chi connectivity index (χ2n) is 8.42. The summed E-state index contributed by atoms with van der Waals surface area (Å²) in [5, 5.41) is 0. The number of hydrogen-bond donors (Lipinski definition) is 1. The van der Waals surface area contributed by atoms with Gasteiger partial charge in [-0.1, -0.05) is 20.8 Å². The molecule has 0 aromatic heterocycles. The van der Waals surface area contributed by atoms with E-state index in [0.29, 0.717) is 37.5 Å². The van der Waals surface area contributed by atoms with Crippen LogP contribution in [-0.2, 0) is 9.53 Å². The Kier molecular flexibility index (Phi) is 4.38. The summed E-state index contributed by atoms with van der Waals surface area (Å²) >= 11 is 0. The van der Waals surface area contributed by atoms with Crippen molar-refractivity contribution in [1.29, 1.82) is 0 Å². The van der Waals surface area contributed by atoms with Crippen LogP contribution in [0.15, 0.2) is 0 Å².